The number of nitrogens with one attached hydrogen (secondary N) is 2. The van der Waals surface area contributed by atoms with Crippen LogP contribution in [0.15, 0.2) is 47.5 Å². The molecule has 0 bridgehead atoms. The van der Waals surface area contributed by atoms with Gasteiger partial charge in [-0.2, -0.15) is 0 Å². The Morgan fingerprint density at radius 2 is 1.97 bits per heavy atom. The van der Waals surface area contributed by atoms with Crippen molar-refractivity contribution in [3.63, 3.8) is 0 Å². The molecule has 3 rings (SSSR count). The summed E-state index contributed by atoms with van der Waals surface area (Å²) >= 11 is 0. The van der Waals surface area contributed by atoms with Crippen molar-refractivity contribution in [2.75, 3.05) is 32.7 Å². The molecule has 1 atom stereocenters. The lowest BCUT2D eigenvalue weighted by Crippen LogP contribution is -2.40. The summed E-state index contributed by atoms with van der Waals surface area (Å²) in [7, 11) is 0. The number of hydrogen-bond donors (Lipinski definition) is 3. The largest absolute Gasteiger partial charge is 0.390 e. The molecule has 0 fully saturated rings. The molecule has 0 aromatic heterocycles. The number of β-amino-alcohol motifs (C(OH)–C–C–N with tert-alkyl or cyclic N) is 1. The number of aliphatic hydroxyl groups is 1. The first kappa shape index (κ1) is 22.2. The maximum Gasteiger partial charge on any atom is 0.191 e. The number of hydrogen-bond acceptors (Lipinski definition) is 3. The number of halogens is 2. The van der Waals surface area contributed by atoms with Crippen molar-refractivity contribution in [3.8, 4) is 0 Å². The van der Waals surface area contributed by atoms with Crippen LogP contribution in [-0.2, 0) is 19.4 Å². The van der Waals surface area contributed by atoms with E-state index in [2.05, 4.69) is 38.7 Å². The molecular weight excluding hydrogens is 386 g/mol. The molecule has 0 saturated heterocycles. The van der Waals surface area contributed by atoms with Crippen LogP contribution in [0, 0.1) is 11.6 Å². The molecule has 1 aliphatic heterocycles. The summed E-state index contributed by atoms with van der Waals surface area (Å²) in [6.07, 6.45) is 0.753. The van der Waals surface area contributed by atoms with Gasteiger partial charge in [-0.25, -0.2) is 8.78 Å². The van der Waals surface area contributed by atoms with Crippen molar-refractivity contribution in [1.29, 1.82) is 0 Å². The van der Waals surface area contributed by atoms with Gasteiger partial charge in [-0.1, -0.05) is 24.3 Å². The van der Waals surface area contributed by atoms with Gasteiger partial charge in [-0.3, -0.25) is 9.89 Å². The van der Waals surface area contributed by atoms with Crippen LogP contribution in [0.2, 0.25) is 0 Å². The van der Waals surface area contributed by atoms with Crippen molar-refractivity contribution in [2.24, 2.45) is 4.99 Å². The second kappa shape index (κ2) is 11.0. The Hall–Kier alpha value is -2.51. The standard InChI is InChI=1S/C23H30F2N4O/c1-2-26-23(27-11-9-18-13-20(24)7-8-22(18)25)28-14-21(30)16-29-12-10-17-5-3-4-6-19(17)15-29/h3-8,13,21,30H,2,9-12,14-16H2,1H3,(H2,26,27,28). The number of nitrogens with zero attached hydrogens (tertiary/aromatic N) is 2. The molecule has 3 N–H and O–H groups in total. The molecule has 7 heteroatoms. The summed E-state index contributed by atoms with van der Waals surface area (Å²) in [5.41, 5.74) is 3.03. The highest BCUT2D eigenvalue weighted by Crippen LogP contribution is 2.18. The lowest BCUT2D eigenvalue weighted by molar-refractivity contribution is 0.111. The molecule has 1 unspecified atom stereocenters. The highest BCUT2D eigenvalue weighted by Gasteiger charge is 2.18. The average molecular weight is 417 g/mol. The minimum Gasteiger partial charge on any atom is -0.390 e. The molecule has 1 aliphatic rings. The number of aliphatic imine (C=N–C) groups is 1. The molecule has 162 valence electrons. The average Bonchev–Trinajstić information content (AvgIpc) is 2.74. The van der Waals surface area contributed by atoms with Gasteiger partial charge >= 0.3 is 0 Å². The molecular formula is C23H30F2N4O. The third-order valence-corrected chi connectivity index (χ3v) is 5.18. The molecule has 5 nitrogen and oxygen atoms in total. The summed E-state index contributed by atoms with van der Waals surface area (Å²) in [6, 6.07) is 11.9. The van der Waals surface area contributed by atoms with Gasteiger partial charge in [-0.15, -0.1) is 0 Å². The van der Waals surface area contributed by atoms with Gasteiger partial charge in [0.15, 0.2) is 5.96 Å². The van der Waals surface area contributed by atoms with E-state index in [9.17, 15) is 13.9 Å². The van der Waals surface area contributed by atoms with Crippen LogP contribution >= 0.6 is 0 Å². The van der Waals surface area contributed by atoms with E-state index in [1.807, 2.05) is 13.0 Å². The van der Waals surface area contributed by atoms with Crippen molar-refractivity contribution in [1.82, 2.24) is 15.5 Å². The Bertz CT molecular complexity index is 859. The third-order valence-electron chi connectivity index (χ3n) is 5.18. The molecule has 0 saturated carbocycles. The molecule has 0 radical (unpaired) electrons. The Morgan fingerprint density at radius 3 is 2.77 bits per heavy atom. The minimum atomic E-state index is -0.577. The zero-order valence-corrected chi connectivity index (χ0v) is 17.4. The summed E-state index contributed by atoms with van der Waals surface area (Å²) in [5.74, 6) is -0.313. The van der Waals surface area contributed by atoms with Gasteiger partial charge in [0.2, 0.25) is 0 Å². The van der Waals surface area contributed by atoms with Gasteiger partial charge in [-0.05, 0) is 54.7 Å². The Morgan fingerprint density at radius 1 is 1.17 bits per heavy atom. The maximum absolute atomic E-state index is 13.7. The van der Waals surface area contributed by atoms with E-state index in [4.69, 9.17) is 0 Å². The summed E-state index contributed by atoms with van der Waals surface area (Å²) < 4.78 is 27.0. The van der Waals surface area contributed by atoms with E-state index in [-0.39, 0.29) is 6.54 Å². The van der Waals surface area contributed by atoms with E-state index in [1.165, 1.54) is 17.2 Å². The van der Waals surface area contributed by atoms with Crippen LogP contribution in [0.25, 0.3) is 0 Å². The SMILES string of the molecule is CCNC(=NCC(O)CN1CCc2ccccc2C1)NCCc1cc(F)ccc1F. The van der Waals surface area contributed by atoms with Gasteiger partial charge in [0.25, 0.3) is 0 Å². The Kier molecular flexibility index (Phi) is 8.16. The molecule has 0 spiro atoms. The van der Waals surface area contributed by atoms with Crippen molar-refractivity contribution < 1.29 is 13.9 Å². The molecule has 0 aliphatic carbocycles. The second-order valence-electron chi connectivity index (χ2n) is 7.54. The fraction of sp³-hybridized carbons (Fsp3) is 0.435. The van der Waals surface area contributed by atoms with Crippen LogP contribution < -0.4 is 10.6 Å². The van der Waals surface area contributed by atoms with Crippen LogP contribution in [0.5, 0.6) is 0 Å². The zero-order chi connectivity index (χ0) is 21.3. The van der Waals surface area contributed by atoms with Crippen molar-refractivity contribution in [2.45, 2.75) is 32.4 Å². The molecule has 2 aromatic rings. The van der Waals surface area contributed by atoms with E-state index in [1.54, 1.807) is 0 Å². The predicted molar refractivity (Wildman–Crippen MR) is 115 cm³/mol. The zero-order valence-electron chi connectivity index (χ0n) is 17.4. The smallest absolute Gasteiger partial charge is 0.191 e. The predicted octanol–water partition coefficient (Wildman–Crippen LogP) is 2.48. The fourth-order valence-electron chi connectivity index (χ4n) is 3.65. The number of guanidine groups is 1. The van der Waals surface area contributed by atoms with Crippen LogP contribution in [-0.4, -0.2) is 54.8 Å². The summed E-state index contributed by atoms with van der Waals surface area (Å²) in [4.78, 5) is 6.69. The van der Waals surface area contributed by atoms with Gasteiger partial charge < -0.3 is 15.7 Å². The molecule has 2 aromatic carbocycles. The lowest BCUT2D eigenvalue weighted by atomic mass is 10.00. The maximum atomic E-state index is 13.7. The topological polar surface area (TPSA) is 59.9 Å². The number of aliphatic hydroxyl groups excluding tert-OH is 1. The molecule has 1 heterocycles. The number of rotatable bonds is 8. The van der Waals surface area contributed by atoms with Gasteiger partial charge in [0.05, 0.1) is 12.6 Å². The first-order valence-corrected chi connectivity index (χ1v) is 10.5. The van der Waals surface area contributed by atoms with Gasteiger partial charge in [0, 0.05) is 32.7 Å². The Balaban J connectivity index is 1.47. The number of fused-ring (bicyclic) bond motifs is 1. The van der Waals surface area contributed by atoms with Crippen molar-refractivity contribution >= 4 is 5.96 Å². The highest BCUT2D eigenvalue weighted by molar-refractivity contribution is 5.79. The van der Waals surface area contributed by atoms with Gasteiger partial charge in [0.1, 0.15) is 11.6 Å². The highest BCUT2D eigenvalue weighted by atomic mass is 19.1. The second-order valence-corrected chi connectivity index (χ2v) is 7.54. The van der Waals surface area contributed by atoms with Crippen LogP contribution in [0.1, 0.15) is 23.6 Å². The third kappa shape index (κ3) is 6.50. The Labute approximate surface area is 176 Å². The van der Waals surface area contributed by atoms with E-state index >= 15 is 0 Å². The first-order chi connectivity index (χ1) is 14.5. The fourth-order valence-corrected chi connectivity index (χ4v) is 3.65. The first-order valence-electron chi connectivity index (χ1n) is 10.5. The van der Waals surface area contributed by atoms with Crippen LogP contribution in [0.4, 0.5) is 8.78 Å². The summed E-state index contributed by atoms with van der Waals surface area (Å²) in [5, 5.41) is 16.7. The molecule has 30 heavy (non-hydrogen) atoms. The minimum absolute atomic E-state index is 0.266. The lowest BCUT2D eigenvalue weighted by Gasteiger charge is -2.30. The van der Waals surface area contributed by atoms with E-state index in [0.717, 1.165) is 31.6 Å². The molecule has 0 amide bonds. The number of benzene rings is 2. The van der Waals surface area contributed by atoms with Crippen molar-refractivity contribution in [3.05, 3.63) is 70.8 Å². The summed E-state index contributed by atoms with van der Waals surface area (Å²) in [6.45, 7) is 5.62. The monoisotopic (exact) mass is 416 g/mol. The van der Waals surface area contributed by atoms with E-state index in [0.29, 0.717) is 37.6 Å². The quantitative estimate of drug-likeness (QED) is 0.457. The van der Waals surface area contributed by atoms with E-state index < -0.39 is 17.7 Å². The normalized spacial score (nSPS) is 15.5. The van der Waals surface area contributed by atoms with Crippen LogP contribution in [0.3, 0.4) is 0 Å².